The number of aliphatic hydroxyl groups excluding tert-OH is 3. The van der Waals surface area contributed by atoms with E-state index in [1.165, 1.54) is 0 Å². The predicted octanol–water partition coefficient (Wildman–Crippen LogP) is -3.21. The number of ether oxygens (including phenoxy) is 1. The minimum absolute atomic E-state index is 0.341. The van der Waals surface area contributed by atoms with E-state index in [2.05, 4.69) is 15.5 Å². The molecule has 1 rings (SSSR count). The molecule has 0 amide bonds. The number of hydrogen-bond acceptors (Lipinski definition) is 8. The normalized spacial score (nSPS) is 32.2. The number of hydrogen-bond donors (Lipinski definition) is 8. The Hall–Kier alpha value is -1.79. The van der Waals surface area contributed by atoms with Crippen LogP contribution in [-0.4, -0.2) is 74.9 Å². The molecule has 1 heterocycles. The van der Waals surface area contributed by atoms with Gasteiger partial charge in [0.25, 0.3) is 5.96 Å². The van der Waals surface area contributed by atoms with Gasteiger partial charge in [0.15, 0.2) is 12.1 Å². The largest absolute Gasteiger partial charge is 0.408 e. The maximum Gasteiger partial charge on any atom is 0.263 e. The van der Waals surface area contributed by atoms with Crippen LogP contribution in [0.25, 0.3) is 0 Å². The van der Waals surface area contributed by atoms with E-state index in [0.717, 1.165) is 0 Å². The zero-order valence-corrected chi connectivity index (χ0v) is 9.63. The molecule has 0 unspecified atom stereocenters. The number of aliphatic hydroxyl groups is 3. The first-order valence-electron chi connectivity index (χ1n) is 5.17. The van der Waals surface area contributed by atoms with Gasteiger partial charge in [-0.15, -0.1) is 0 Å². The molecule has 1 aliphatic rings. The van der Waals surface area contributed by atoms with E-state index in [-0.39, 0.29) is 5.84 Å². The maximum absolute atomic E-state index is 9.61. The summed E-state index contributed by atoms with van der Waals surface area (Å²) in [6.07, 6.45) is -4.22. The Balaban J connectivity index is 2.73. The van der Waals surface area contributed by atoms with Crippen molar-refractivity contribution in [2.45, 2.75) is 24.5 Å². The summed E-state index contributed by atoms with van der Waals surface area (Å²) in [6.45, 7) is -0.505. The van der Waals surface area contributed by atoms with E-state index >= 15 is 0 Å². The zero-order chi connectivity index (χ0) is 14.4. The lowest BCUT2D eigenvalue weighted by Gasteiger charge is -2.16. The topological polar surface area (TPSA) is 183 Å². The van der Waals surface area contributed by atoms with Gasteiger partial charge in [0.05, 0.1) is 12.8 Å². The molecule has 11 nitrogen and oxygen atoms in total. The third-order valence-corrected chi connectivity index (χ3v) is 2.39. The van der Waals surface area contributed by atoms with Crippen LogP contribution in [0.3, 0.4) is 0 Å². The maximum atomic E-state index is 9.61. The third-order valence-electron chi connectivity index (χ3n) is 2.39. The molecule has 4 atom stereocenters. The summed E-state index contributed by atoms with van der Waals surface area (Å²) in [5.74, 6) is -0.818. The first-order chi connectivity index (χ1) is 9.07. The van der Waals surface area contributed by atoms with E-state index in [1.54, 1.807) is 5.48 Å². The minimum Gasteiger partial charge on any atom is -0.408 e. The van der Waals surface area contributed by atoms with E-state index in [4.69, 9.17) is 25.7 Å². The van der Waals surface area contributed by atoms with Gasteiger partial charge in [0.2, 0.25) is 0 Å². The fourth-order valence-corrected chi connectivity index (χ4v) is 1.43. The highest BCUT2D eigenvalue weighted by atomic mass is 16.6. The molecule has 0 aromatic heterocycles. The van der Waals surface area contributed by atoms with Gasteiger partial charge >= 0.3 is 0 Å². The molecule has 0 radical (unpaired) electrons. The van der Waals surface area contributed by atoms with E-state index in [0.29, 0.717) is 6.21 Å². The lowest BCUT2D eigenvalue weighted by atomic mass is 10.1. The second-order valence-corrected chi connectivity index (χ2v) is 3.58. The van der Waals surface area contributed by atoms with Crippen LogP contribution in [0.2, 0.25) is 0 Å². The monoisotopic (exact) mass is 277 g/mol. The van der Waals surface area contributed by atoms with Crippen LogP contribution in [0, 0.1) is 5.41 Å². The molecule has 108 valence electrons. The van der Waals surface area contributed by atoms with Gasteiger partial charge in [0.1, 0.15) is 18.3 Å². The highest BCUT2D eigenvalue weighted by Gasteiger charge is 2.42. The van der Waals surface area contributed by atoms with Crippen molar-refractivity contribution in [1.82, 2.24) is 10.8 Å². The molecule has 0 aromatic carbocycles. The van der Waals surface area contributed by atoms with Crippen LogP contribution in [0.4, 0.5) is 0 Å². The number of aliphatic imine (C=N–C) groups is 1. The van der Waals surface area contributed by atoms with Gasteiger partial charge in [-0.2, -0.15) is 4.99 Å². The molecule has 0 saturated carbocycles. The molecule has 0 aliphatic carbocycles. The molecule has 11 heteroatoms. The molecule has 8 N–H and O–H groups in total. The fourth-order valence-electron chi connectivity index (χ4n) is 1.43. The van der Waals surface area contributed by atoms with Crippen molar-refractivity contribution in [2.75, 3.05) is 6.61 Å². The molecular weight excluding hydrogens is 262 g/mol. The van der Waals surface area contributed by atoms with E-state index in [9.17, 15) is 10.2 Å². The van der Waals surface area contributed by atoms with Gasteiger partial charge in [0, 0.05) is 0 Å². The summed E-state index contributed by atoms with van der Waals surface area (Å²) >= 11 is 0. The number of oxime groups is 1. The molecular formula is C8H15N5O6. The molecule has 0 spiro atoms. The number of rotatable bonds is 3. The highest BCUT2D eigenvalue weighted by molar-refractivity contribution is 6.30. The van der Waals surface area contributed by atoms with Crippen molar-refractivity contribution in [2.24, 2.45) is 10.1 Å². The molecule has 1 aliphatic heterocycles. The summed E-state index contributed by atoms with van der Waals surface area (Å²) in [7, 11) is 0. The van der Waals surface area contributed by atoms with Crippen molar-refractivity contribution in [1.29, 1.82) is 5.41 Å². The van der Waals surface area contributed by atoms with Crippen LogP contribution >= 0.6 is 0 Å². The first kappa shape index (κ1) is 15.3. The summed E-state index contributed by atoms with van der Waals surface area (Å²) in [5, 5.41) is 57.1. The Labute approximate surface area is 107 Å². The molecule has 0 bridgehead atoms. The van der Waals surface area contributed by atoms with Gasteiger partial charge in [-0.3, -0.25) is 10.7 Å². The number of hydroxylamine groups is 1. The van der Waals surface area contributed by atoms with Gasteiger partial charge < -0.3 is 36.0 Å². The van der Waals surface area contributed by atoms with E-state index < -0.39 is 37.1 Å². The number of guanidine groups is 1. The van der Waals surface area contributed by atoms with E-state index in [1.807, 2.05) is 0 Å². The van der Waals surface area contributed by atoms with Crippen molar-refractivity contribution >= 4 is 18.0 Å². The SMILES string of the molecule is N=C/C(=N\C(=N/O)N[C@@H]1O[C@H](CO)[C@@H](O)[C@H]1O)NO. The van der Waals surface area contributed by atoms with Crippen LogP contribution in [-0.2, 0) is 4.74 Å². The van der Waals surface area contributed by atoms with Gasteiger partial charge in [-0.05, 0) is 5.16 Å². The van der Waals surface area contributed by atoms with Gasteiger partial charge in [-0.25, -0.2) is 0 Å². The Morgan fingerprint density at radius 2 is 2.05 bits per heavy atom. The Morgan fingerprint density at radius 3 is 2.47 bits per heavy atom. The number of nitrogens with zero attached hydrogens (tertiary/aromatic N) is 2. The Bertz CT molecular complexity index is 375. The minimum atomic E-state index is -1.38. The second-order valence-electron chi connectivity index (χ2n) is 3.58. The summed E-state index contributed by atoms with van der Waals surface area (Å²) in [4.78, 5) is 3.47. The second kappa shape index (κ2) is 6.96. The standard InChI is InChI=1S/C8H15N5O6/c9-1-4(12-17)10-8(13-18)11-7-6(16)5(15)3(2-14)19-7/h1,3,5-7,9,14-18H,2H2,(H2,10,11,12,13)/t3-,5-,6-,7-/m1/s1. The lowest BCUT2D eigenvalue weighted by molar-refractivity contribution is -0.0265. The predicted molar refractivity (Wildman–Crippen MR) is 61.3 cm³/mol. The van der Waals surface area contributed by atoms with Crippen LogP contribution in [0.1, 0.15) is 0 Å². The molecule has 1 fully saturated rings. The summed E-state index contributed by atoms with van der Waals surface area (Å²) in [5.41, 5.74) is 1.56. The quantitative estimate of drug-likeness (QED) is 0.115. The van der Waals surface area contributed by atoms with Crippen molar-refractivity contribution in [3.05, 3.63) is 0 Å². The smallest absolute Gasteiger partial charge is 0.263 e. The Kier molecular flexibility index (Phi) is 5.59. The van der Waals surface area contributed by atoms with Crippen LogP contribution in [0.15, 0.2) is 10.1 Å². The molecule has 19 heavy (non-hydrogen) atoms. The lowest BCUT2D eigenvalue weighted by Crippen LogP contribution is -2.44. The van der Waals surface area contributed by atoms with Crippen LogP contribution < -0.4 is 10.8 Å². The summed E-state index contributed by atoms with van der Waals surface area (Å²) in [6, 6.07) is 0. The van der Waals surface area contributed by atoms with Crippen LogP contribution in [0.5, 0.6) is 0 Å². The Morgan fingerprint density at radius 1 is 1.37 bits per heavy atom. The average molecular weight is 277 g/mol. The zero-order valence-electron chi connectivity index (χ0n) is 9.63. The molecule has 0 aromatic rings. The highest BCUT2D eigenvalue weighted by Crippen LogP contribution is 2.19. The van der Waals surface area contributed by atoms with Gasteiger partial charge in [-0.1, -0.05) is 0 Å². The summed E-state index contributed by atoms with van der Waals surface area (Å²) < 4.78 is 5.05. The third kappa shape index (κ3) is 3.59. The van der Waals surface area contributed by atoms with Crippen molar-refractivity contribution < 1.29 is 30.5 Å². The van der Waals surface area contributed by atoms with Crippen molar-refractivity contribution in [3.63, 3.8) is 0 Å². The first-order valence-corrected chi connectivity index (χ1v) is 5.17. The van der Waals surface area contributed by atoms with Crippen molar-refractivity contribution in [3.8, 4) is 0 Å². The number of nitrogens with one attached hydrogen (secondary N) is 3. The average Bonchev–Trinajstić information content (AvgIpc) is 2.70. The molecule has 1 saturated heterocycles. The number of amidine groups is 1. The fraction of sp³-hybridized carbons (Fsp3) is 0.625.